The molecule has 23 heavy (non-hydrogen) atoms. The number of fused-ring (bicyclic) bond motifs is 5. The number of carbonyl (C=O) groups is 1. The summed E-state index contributed by atoms with van der Waals surface area (Å²) in [6.45, 7) is 1.70. The van der Waals surface area contributed by atoms with Crippen LogP contribution in [0.4, 0.5) is 0 Å². The average Bonchev–Trinajstić information content (AvgIpc) is 2.79. The summed E-state index contributed by atoms with van der Waals surface area (Å²) in [5, 5.41) is 7.01. The molecule has 0 unspecified atom stereocenters. The molecule has 0 aromatic carbocycles. The monoisotopic (exact) mass is 328 g/mol. The Labute approximate surface area is 139 Å². The maximum atomic E-state index is 12.8. The summed E-state index contributed by atoms with van der Waals surface area (Å²) in [5.41, 5.74) is 6.57. The molecule has 2 aromatic rings. The molecule has 1 aliphatic carbocycles. The van der Waals surface area contributed by atoms with Crippen LogP contribution in [0.3, 0.4) is 0 Å². The van der Waals surface area contributed by atoms with Gasteiger partial charge in [-0.1, -0.05) is 11.6 Å². The van der Waals surface area contributed by atoms with Crippen molar-refractivity contribution >= 4 is 17.5 Å². The van der Waals surface area contributed by atoms with Crippen LogP contribution in [0.25, 0.3) is 11.3 Å². The van der Waals surface area contributed by atoms with Crippen molar-refractivity contribution in [3.8, 4) is 11.3 Å². The minimum atomic E-state index is -0.0997. The lowest BCUT2D eigenvalue weighted by molar-refractivity contribution is 0.0824. The third-order valence-electron chi connectivity index (χ3n) is 5.51. The molecule has 1 amide bonds. The van der Waals surface area contributed by atoms with Gasteiger partial charge in [-0.15, -0.1) is 0 Å². The Morgan fingerprint density at radius 3 is 2.91 bits per heavy atom. The van der Waals surface area contributed by atoms with Crippen LogP contribution >= 0.6 is 11.6 Å². The van der Waals surface area contributed by atoms with Crippen LogP contribution in [-0.4, -0.2) is 34.1 Å². The Hall–Kier alpha value is -1.85. The first kappa shape index (κ1) is 13.6. The van der Waals surface area contributed by atoms with Crippen molar-refractivity contribution in [1.82, 2.24) is 20.2 Å². The SMILES string of the molecule is Cn1c2c(c3c1-c1cc(Cl)ncc1CC3)C(=O)NC1(CNC1)C2. The number of rotatable bonds is 0. The zero-order valence-electron chi connectivity index (χ0n) is 12.9. The van der Waals surface area contributed by atoms with E-state index in [0.717, 1.165) is 60.4 Å². The Kier molecular flexibility index (Phi) is 2.58. The molecule has 0 radical (unpaired) electrons. The molecular formula is C17H17ClN4O. The molecule has 2 aliphatic heterocycles. The molecule has 6 heteroatoms. The predicted octanol–water partition coefficient (Wildman–Crippen LogP) is 1.47. The summed E-state index contributed by atoms with van der Waals surface area (Å²) in [7, 11) is 2.07. The van der Waals surface area contributed by atoms with Crippen molar-refractivity contribution < 1.29 is 4.79 Å². The minimum Gasteiger partial charge on any atom is -0.347 e. The van der Waals surface area contributed by atoms with E-state index in [-0.39, 0.29) is 11.4 Å². The smallest absolute Gasteiger partial charge is 0.253 e. The van der Waals surface area contributed by atoms with Gasteiger partial charge in [0.25, 0.3) is 5.91 Å². The van der Waals surface area contributed by atoms with Crippen LogP contribution in [0.2, 0.25) is 5.15 Å². The molecule has 1 fully saturated rings. The number of carbonyl (C=O) groups excluding carboxylic acids is 1. The average molecular weight is 329 g/mol. The van der Waals surface area contributed by atoms with E-state index in [1.54, 1.807) is 0 Å². The first-order chi connectivity index (χ1) is 11.1. The zero-order valence-corrected chi connectivity index (χ0v) is 13.6. The van der Waals surface area contributed by atoms with Crippen LogP contribution in [0.15, 0.2) is 12.3 Å². The highest BCUT2D eigenvalue weighted by Gasteiger charge is 2.46. The first-order valence-electron chi connectivity index (χ1n) is 7.96. The van der Waals surface area contributed by atoms with E-state index in [2.05, 4.69) is 27.2 Å². The van der Waals surface area contributed by atoms with Crippen molar-refractivity contribution in [2.75, 3.05) is 13.1 Å². The van der Waals surface area contributed by atoms with Crippen molar-refractivity contribution in [2.24, 2.45) is 7.05 Å². The summed E-state index contributed by atoms with van der Waals surface area (Å²) in [4.78, 5) is 17.0. The third kappa shape index (κ3) is 1.72. The molecule has 5 rings (SSSR count). The molecule has 0 bridgehead atoms. The second kappa shape index (κ2) is 4.36. The summed E-state index contributed by atoms with van der Waals surface area (Å²) in [5.74, 6) is 0.0770. The molecule has 4 heterocycles. The van der Waals surface area contributed by atoms with Crippen LogP contribution in [0.1, 0.15) is 27.2 Å². The number of nitrogens with one attached hydrogen (secondary N) is 2. The molecule has 118 valence electrons. The van der Waals surface area contributed by atoms with Gasteiger partial charge in [0.2, 0.25) is 0 Å². The van der Waals surface area contributed by atoms with Gasteiger partial charge in [-0.05, 0) is 30.0 Å². The fraction of sp³-hybridized carbons (Fsp3) is 0.412. The quantitative estimate of drug-likeness (QED) is 0.720. The minimum absolute atomic E-state index is 0.0770. The van der Waals surface area contributed by atoms with Crippen LogP contribution in [-0.2, 0) is 26.3 Å². The Morgan fingerprint density at radius 2 is 2.17 bits per heavy atom. The van der Waals surface area contributed by atoms with Crippen LogP contribution < -0.4 is 10.6 Å². The first-order valence-corrected chi connectivity index (χ1v) is 8.34. The molecular weight excluding hydrogens is 312 g/mol. The van der Waals surface area contributed by atoms with E-state index in [0.29, 0.717) is 5.15 Å². The molecule has 2 aromatic heterocycles. The maximum absolute atomic E-state index is 12.8. The van der Waals surface area contributed by atoms with Crippen molar-refractivity contribution in [2.45, 2.75) is 24.8 Å². The van der Waals surface area contributed by atoms with Crippen molar-refractivity contribution in [3.63, 3.8) is 0 Å². The van der Waals surface area contributed by atoms with Gasteiger partial charge in [0.15, 0.2) is 0 Å². The highest BCUT2D eigenvalue weighted by atomic mass is 35.5. The Morgan fingerprint density at radius 1 is 1.35 bits per heavy atom. The number of aromatic nitrogens is 2. The fourth-order valence-corrected chi connectivity index (χ4v) is 4.46. The van der Waals surface area contributed by atoms with Gasteiger partial charge in [-0.3, -0.25) is 4.79 Å². The lowest BCUT2D eigenvalue weighted by Gasteiger charge is -2.45. The number of hydrogen-bond donors (Lipinski definition) is 2. The van der Waals surface area contributed by atoms with E-state index < -0.39 is 0 Å². The van der Waals surface area contributed by atoms with E-state index in [1.807, 2.05) is 12.3 Å². The highest BCUT2D eigenvalue weighted by Crippen LogP contribution is 2.41. The Balaban J connectivity index is 1.75. The van der Waals surface area contributed by atoms with Gasteiger partial charge in [0.05, 0.1) is 16.8 Å². The fourth-order valence-electron chi connectivity index (χ4n) is 4.31. The summed E-state index contributed by atoms with van der Waals surface area (Å²) in [6.07, 6.45) is 4.54. The van der Waals surface area contributed by atoms with E-state index in [1.165, 1.54) is 5.56 Å². The van der Waals surface area contributed by atoms with E-state index in [4.69, 9.17) is 11.6 Å². The molecule has 1 spiro atoms. The van der Waals surface area contributed by atoms with Gasteiger partial charge in [-0.2, -0.15) is 0 Å². The standard InChI is InChI=1S/C17H17ClN4O/c1-22-12-5-17(7-19-8-17)21-16(23)14(12)10-3-2-9-6-20-13(18)4-11(9)15(10)22/h4,6,19H,2-3,5,7-8H2,1H3,(H,21,23). The maximum Gasteiger partial charge on any atom is 0.253 e. The number of amides is 1. The van der Waals surface area contributed by atoms with Gasteiger partial charge in [0, 0.05) is 44.0 Å². The van der Waals surface area contributed by atoms with E-state index in [9.17, 15) is 4.79 Å². The number of hydrogen-bond acceptors (Lipinski definition) is 3. The second-order valence-corrected chi connectivity index (χ2v) is 7.27. The summed E-state index contributed by atoms with van der Waals surface area (Å²) < 4.78 is 2.21. The number of aryl methyl sites for hydroxylation is 1. The van der Waals surface area contributed by atoms with Gasteiger partial charge < -0.3 is 15.2 Å². The Bertz CT molecular complexity index is 866. The van der Waals surface area contributed by atoms with Crippen molar-refractivity contribution in [1.29, 1.82) is 0 Å². The summed E-state index contributed by atoms with van der Waals surface area (Å²) >= 11 is 6.12. The number of nitrogens with zero attached hydrogens (tertiary/aromatic N) is 2. The molecule has 3 aliphatic rings. The third-order valence-corrected chi connectivity index (χ3v) is 5.71. The van der Waals surface area contributed by atoms with E-state index >= 15 is 0 Å². The van der Waals surface area contributed by atoms with Gasteiger partial charge >= 0.3 is 0 Å². The highest BCUT2D eigenvalue weighted by molar-refractivity contribution is 6.29. The van der Waals surface area contributed by atoms with Crippen LogP contribution in [0.5, 0.6) is 0 Å². The second-order valence-electron chi connectivity index (χ2n) is 6.89. The normalized spacial score (nSPS) is 20.3. The molecule has 2 N–H and O–H groups in total. The molecule has 5 nitrogen and oxygen atoms in total. The zero-order chi connectivity index (χ0) is 15.8. The van der Waals surface area contributed by atoms with Crippen LogP contribution in [0, 0.1) is 0 Å². The summed E-state index contributed by atoms with van der Waals surface area (Å²) in [6, 6.07) is 1.93. The molecule has 0 saturated carbocycles. The number of halogens is 1. The topological polar surface area (TPSA) is 59.0 Å². The van der Waals surface area contributed by atoms with Crippen molar-refractivity contribution in [3.05, 3.63) is 39.8 Å². The lowest BCUT2D eigenvalue weighted by Crippen LogP contribution is -2.71. The largest absolute Gasteiger partial charge is 0.347 e. The molecule has 1 saturated heterocycles. The van der Waals surface area contributed by atoms with Gasteiger partial charge in [-0.25, -0.2) is 4.98 Å². The lowest BCUT2D eigenvalue weighted by atomic mass is 9.81. The van der Waals surface area contributed by atoms with Gasteiger partial charge in [0.1, 0.15) is 5.15 Å². The number of pyridine rings is 1. The predicted molar refractivity (Wildman–Crippen MR) is 87.8 cm³/mol. The molecule has 0 atom stereocenters.